The van der Waals surface area contributed by atoms with Gasteiger partial charge in [0.25, 0.3) is 5.91 Å². The van der Waals surface area contributed by atoms with Gasteiger partial charge in [0.2, 0.25) is 5.91 Å². The third-order valence-electron chi connectivity index (χ3n) is 4.14. The maximum atomic E-state index is 12.8. The third kappa shape index (κ3) is 4.97. The molecule has 2 aromatic rings. The lowest BCUT2D eigenvalue weighted by atomic mass is 10.1. The molecule has 0 saturated carbocycles. The van der Waals surface area contributed by atoms with Crippen molar-refractivity contribution in [1.82, 2.24) is 5.32 Å². The van der Waals surface area contributed by atoms with Crippen LogP contribution in [0.4, 0.5) is 11.4 Å². The molecular weight excluding hydrogens is 446 g/mol. The lowest BCUT2D eigenvalue weighted by Gasteiger charge is -2.29. The number of rotatable bonds is 5. The quantitative estimate of drug-likeness (QED) is 0.697. The van der Waals surface area contributed by atoms with Gasteiger partial charge in [-0.25, -0.2) is 0 Å². The Labute approximate surface area is 177 Å². The molecule has 1 heterocycles. The van der Waals surface area contributed by atoms with Gasteiger partial charge in [0.15, 0.2) is 0 Å². The molecule has 1 saturated heterocycles. The fourth-order valence-corrected chi connectivity index (χ4v) is 3.56. The molecule has 0 radical (unpaired) electrons. The van der Waals surface area contributed by atoms with E-state index in [1.807, 2.05) is 24.8 Å². The van der Waals surface area contributed by atoms with E-state index in [-0.39, 0.29) is 24.5 Å². The van der Waals surface area contributed by atoms with Crippen molar-refractivity contribution in [3.63, 3.8) is 0 Å². The topological polar surface area (TPSA) is 70.7 Å². The van der Waals surface area contributed by atoms with Crippen molar-refractivity contribution < 1.29 is 14.3 Å². The van der Waals surface area contributed by atoms with Gasteiger partial charge in [-0.2, -0.15) is 0 Å². The lowest BCUT2D eigenvalue weighted by Crippen LogP contribution is -2.47. The molecule has 0 bridgehead atoms. The van der Waals surface area contributed by atoms with E-state index in [2.05, 4.69) is 26.6 Å². The van der Waals surface area contributed by atoms with Gasteiger partial charge in [0.1, 0.15) is 5.75 Å². The van der Waals surface area contributed by atoms with Gasteiger partial charge >= 0.3 is 0 Å². The number of piperazine rings is 1. The molecule has 0 aliphatic carbocycles. The molecular formula is C20H21BrClN3O3. The summed E-state index contributed by atoms with van der Waals surface area (Å²) in [6, 6.07) is 10.5. The van der Waals surface area contributed by atoms with E-state index in [4.69, 9.17) is 16.3 Å². The highest BCUT2D eigenvalue weighted by Crippen LogP contribution is 2.30. The van der Waals surface area contributed by atoms with Gasteiger partial charge in [0.05, 0.1) is 28.9 Å². The van der Waals surface area contributed by atoms with E-state index in [1.54, 1.807) is 30.3 Å². The predicted octanol–water partition coefficient (Wildman–Crippen LogP) is 4.08. The summed E-state index contributed by atoms with van der Waals surface area (Å²) in [5.41, 5.74) is 1.77. The van der Waals surface area contributed by atoms with Crippen LogP contribution in [0.3, 0.4) is 0 Å². The molecule has 3 rings (SSSR count). The Hall–Kier alpha value is -2.25. The van der Waals surface area contributed by atoms with E-state index < -0.39 is 0 Å². The monoisotopic (exact) mass is 465 g/mol. The molecule has 1 fully saturated rings. The Morgan fingerprint density at radius 2 is 2.07 bits per heavy atom. The molecule has 2 amide bonds. The number of ether oxygens (including phenoxy) is 1. The summed E-state index contributed by atoms with van der Waals surface area (Å²) in [4.78, 5) is 26.3. The summed E-state index contributed by atoms with van der Waals surface area (Å²) in [5, 5.41) is 6.11. The standard InChI is InChI=1S/C20H21BrClN3O3/c1-12(2)28-18-9-13(21)3-5-15(18)20(27)24-14-4-6-17(16(22)10-14)25-8-7-23-19(26)11-25/h3-6,9-10,12H,7-8,11H2,1-2H3,(H,23,26)(H,24,27). The molecule has 28 heavy (non-hydrogen) atoms. The number of carbonyl (C=O) groups is 2. The average Bonchev–Trinajstić information content (AvgIpc) is 2.61. The molecule has 2 N–H and O–H groups in total. The van der Waals surface area contributed by atoms with Crippen molar-refractivity contribution >= 4 is 50.7 Å². The minimum atomic E-state index is -0.288. The fourth-order valence-electron chi connectivity index (χ4n) is 2.92. The summed E-state index contributed by atoms with van der Waals surface area (Å²) in [7, 11) is 0. The molecule has 2 aromatic carbocycles. The Morgan fingerprint density at radius 1 is 1.29 bits per heavy atom. The van der Waals surface area contributed by atoms with Gasteiger partial charge in [0, 0.05) is 23.2 Å². The number of carbonyl (C=O) groups excluding carboxylic acids is 2. The van der Waals surface area contributed by atoms with Gasteiger partial charge in [-0.05, 0) is 50.2 Å². The second-order valence-corrected chi connectivity index (χ2v) is 8.02. The van der Waals surface area contributed by atoms with Crippen LogP contribution in [0.15, 0.2) is 40.9 Å². The summed E-state index contributed by atoms with van der Waals surface area (Å²) in [5.74, 6) is 0.181. The van der Waals surface area contributed by atoms with Crippen molar-refractivity contribution in [2.45, 2.75) is 20.0 Å². The smallest absolute Gasteiger partial charge is 0.259 e. The minimum absolute atomic E-state index is 0.0346. The number of anilines is 2. The molecule has 0 spiro atoms. The van der Waals surface area contributed by atoms with Crippen molar-refractivity contribution in [1.29, 1.82) is 0 Å². The molecule has 6 nitrogen and oxygen atoms in total. The maximum Gasteiger partial charge on any atom is 0.259 e. The van der Waals surface area contributed by atoms with Crippen LogP contribution in [0.1, 0.15) is 24.2 Å². The SMILES string of the molecule is CC(C)Oc1cc(Br)ccc1C(=O)Nc1ccc(N2CCNC(=O)C2)c(Cl)c1. The number of hydrogen-bond acceptors (Lipinski definition) is 4. The van der Waals surface area contributed by atoms with Crippen molar-refractivity contribution in [2.75, 3.05) is 29.9 Å². The van der Waals surface area contributed by atoms with Crippen LogP contribution < -0.4 is 20.3 Å². The zero-order chi connectivity index (χ0) is 20.3. The van der Waals surface area contributed by atoms with Crippen LogP contribution in [0.5, 0.6) is 5.75 Å². The zero-order valence-electron chi connectivity index (χ0n) is 15.6. The number of amides is 2. The second kappa shape index (κ2) is 8.84. The van der Waals surface area contributed by atoms with E-state index >= 15 is 0 Å². The highest BCUT2D eigenvalue weighted by atomic mass is 79.9. The first-order valence-electron chi connectivity index (χ1n) is 8.92. The minimum Gasteiger partial charge on any atom is -0.490 e. The van der Waals surface area contributed by atoms with Gasteiger partial charge in [-0.15, -0.1) is 0 Å². The van der Waals surface area contributed by atoms with Gasteiger partial charge < -0.3 is 20.3 Å². The number of benzene rings is 2. The lowest BCUT2D eigenvalue weighted by molar-refractivity contribution is -0.120. The van der Waals surface area contributed by atoms with Crippen molar-refractivity contribution in [3.05, 3.63) is 51.5 Å². The van der Waals surface area contributed by atoms with Crippen LogP contribution in [-0.4, -0.2) is 37.6 Å². The maximum absolute atomic E-state index is 12.8. The van der Waals surface area contributed by atoms with Gasteiger partial charge in [-0.1, -0.05) is 27.5 Å². The molecule has 0 atom stereocenters. The van der Waals surface area contributed by atoms with Crippen LogP contribution in [-0.2, 0) is 4.79 Å². The second-order valence-electron chi connectivity index (χ2n) is 6.70. The Bertz CT molecular complexity index is 904. The largest absolute Gasteiger partial charge is 0.490 e. The Kier molecular flexibility index (Phi) is 6.46. The number of nitrogens with one attached hydrogen (secondary N) is 2. The molecule has 0 unspecified atom stereocenters. The molecule has 8 heteroatoms. The average molecular weight is 467 g/mol. The third-order valence-corrected chi connectivity index (χ3v) is 4.93. The fraction of sp³-hybridized carbons (Fsp3) is 0.300. The molecule has 1 aliphatic rings. The summed E-state index contributed by atoms with van der Waals surface area (Å²) in [6.07, 6.45) is -0.0590. The highest BCUT2D eigenvalue weighted by Gasteiger charge is 2.20. The van der Waals surface area contributed by atoms with E-state index in [9.17, 15) is 9.59 Å². The summed E-state index contributed by atoms with van der Waals surface area (Å²) in [6.45, 7) is 5.34. The number of nitrogens with zero attached hydrogens (tertiary/aromatic N) is 1. The van der Waals surface area contributed by atoms with Crippen LogP contribution in [0, 0.1) is 0 Å². The van der Waals surface area contributed by atoms with E-state index in [0.29, 0.717) is 35.1 Å². The number of halogens is 2. The van der Waals surface area contributed by atoms with Crippen molar-refractivity contribution in [2.24, 2.45) is 0 Å². The highest BCUT2D eigenvalue weighted by molar-refractivity contribution is 9.10. The summed E-state index contributed by atoms with van der Waals surface area (Å²) >= 11 is 9.80. The first-order chi connectivity index (χ1) is 13.3. The van der Waals surface area contributed by atoms with Crippen molar-refractivity contribution in [3.8, 4) is 5.75 Å². The molecule has 0 aromatic heterocycles. The molecule has 1 aliphatic heterocycles. The van der Waals surface area contributed by atoms with Crippen LogP contribution in [0.2, 0.25) is 5.02 Å². The predicted molar refractivity (Wildman–Crippen MR) is 115 cm³/mol. The van der Waals surface area contributed by atoms with Gasteiger partial charge in [-0.3, -0.25) is 9.59 Å². The van der Waals surface area contributed by atoms with Crippen LogP contribution in [0.25, 0.3) is 0 Å². The zero-order valence-corrected chi connectivity index (χ0v) is 17.9. The first kappa shape index (κ1) is 20.5. The normalized spacial score (nSPS) is 14.0. The summed E-state index contributed by atoms with van der Waals surface area (Å²) < 4.78 is 6.59. The molecule has 148 valence electrons. The number of hydrogen-bond donors (Lipinski definition) is 2. The van der Waals surface area contributed by atoms with E-state index in [1.165, 1.54) is 0 Å². The van der Waals surface area contributed by atoms with Crippen LogP contribution >= 0.6 is 27.5 Å². The Balaban J connectivity index is 1.78. The van der Waals surface area contributed by atoms with E-state index in [0.717, 1.165) is 10.2 Å². The Morgan fingerprint density at radius 3 is 2.75 bits per heavy atom. The first-order valence-corrected chi connectivity index (χ1v) is 10.1.